The standard InChI is InChI=1S/C12H14F2N2O2.ClH/c13-12(14)18-10-3-1-2-9(6-10)16-11(17)8-4-5-15-7-8;/h1-3,6,8,12,15H,4-5,7H2,(H,16,17);1H. The number of amides is 1. The number of hydrogen-bond acceptors (Lipinski definition) is 3. The van der Waals surface area contributed by atoms with E-state index in [0.717, 1.165) is 13.0 Å². The van der Waals surface area contributed by atoms with Crippen LogP contribution in [-0.2, 0) is 4.79 Å². The van der Waals surface area contributed by atoms with E-state index >= 15 is 0 Å². The molecule has 0 spiro atoms. The van der Waals surface area contributed by atoms with Gasteiger partial charge in [0, 0.05) is 18.3 Å². The number of carbonyl (C=O) groups is 1. The summed E-state index contributed by atoms with van der Waals surface area (Å²) in [4.78, 5) is 11.8. The van der Waals surface area contributed by atoms with E-state index in [1.165, 1.54) is 12.1 Å². The summed E-state index contributed by atoms with van der Waals surface area (Å²) in [5.74, 6) is -0.133. The summed E-state index contributed by atoms with van der Waals surface area (Å²) in [6.45, 7) is -1.39. The molecule has 1 fully saturated rings. The second kappa shape index (κ2) is 7.25. The van der Waals surface area contributed by atoms with Crippen molar-refractivity contribution in [2.45, 2.75) is 13.0 Å². The van der Waals surface area contributed by atoms with E-state index in [1.807, 2.05) is 0 Å². The number of halogens is 3. The summed E-state index contributed by atoms with van der Waals surface area (Å²) >= 11 is 0. The van der Waals surface area contributed by atoms with Crippen LogP contribution in [-0.4, -0.2) is 25.6 Å². The van der Waals surface area contributed by atoms with E-state index in [1.54, 1.807) is 12.1 Å². The molecular weight excluding hydrogens is 278 g/mol. The van der Waals surface area contributed by atoms with Gasteiger partial charge in [0.15, 0.2) is 0 Å². The first-order valence-electron chi connectivity index (χ1n) is 5.71. The highest BCUT2D eigenvalue weighted by atomic mass is 35.5. The third kappa shape index (κ3) is 4.65. The number of carbonyl (C=O) groups excluding carboxylic acids is 1. The third-order valence-electron chi connectivity index (χ3n) is 2.76. The molecule has 0 bridgehead atoms. The zero-order chi connectivity index (χ0) is 13.0. The molecule has 1 saturated heterocycles. The molecular formula is C12H15ClF2N2O2. The maximum absolute atomic E-state index is 12.0. The third-order valence-corrected chi connectivity index (χ3v) is 2.76. The average molecular weight is 293 g/mol. The minimum atomic E-state index is -2.87. The first-order valence-corrected chi connectivity index (χ1v) is 5.71. The van der Waals surface area contributed by atoms with Crippen LogP contribution in [0, 0.1) is 5.92 Å². The van der Waals surface area contributed by atoms with Crippen LogP contribution in [0.3, 0.4) is 0 Å². The summed E-state index contributed by atoms with van der Waals surface area (Å²) in [7, 11) is 0. The van der Waals surface area contributed by atoms with Gasteiger partial charge in [0.25, 0.3) is 0 Å². The Bertz CT molecular complexity index is 426. The molecule has 1 aromatic rings. The largest absolute Gasteiger partial charge is 0.435 e. The minimum Gasteiger partial charge on any atom is -0.435 e. The maximum atomic E-state index is 12.0. The van der Waals surface area contributed by atoms with Crippen molar-refractivity contribution in [1.29, 1.82) is 0 Å². The Labute approximate surface area is 115 Å². The lowest BCUT2D eigenvalue weighted by molar-refractivity contribution is -0.119. The first-order chi connectivity index (χ1) is 8.65. The van der Waals surface area contributed by atoms with Crippen molar-refractivity contribution in [3.63, 3.8) is 0 Å². The fourth-order valence-electron chi connectivity index (χ4n) is 1.87. The first kappa shape index (κ1) is 15.7. The number of rotatable bonds is 4. The van der Waals surface area contributed by atoms with Gasteiger partial charge < -0.3 is 15.4 Å². The van der Waals surface area contributed by atoms with Crippen LogP contribution in [0.15, 0.2) is 24.3 Å². The number of hydrogen-bond donors (Lipinski definition) is 2. The summed E-state index contributed by atoms with van der Waals surface area (Å²) in [5.41, 5.74) is 0.463. The van der Waals surface area contributed by atoms with Crippen molar-refractivity contribution in [1.82, 2.24) is 5.32 Å². The van der Waals surface area contributed by atoms with Crippen molar-refractivity contribution >= 4 is 24.0 Å². The molecule has 1 aliphatic heterocycles. The molecule has 1 aliphatic rings. The lowest BCUT2D eigenvalue weighted by Gasteiger charge is -2.11. The van der Waals surface area contributed by atoms with Crippen molar-refractivity contribution < 1.29 is 18.3 Å². The summed E-state index contributed by atoms with van der Waals surface area (Å²) < 4.78 is 28.4. The molecule has 19 heavy (non-hydrogen) atoms. The van der Waals surface area contributed by atoms with Crippen LogP contribution < -0.4 is 15.4 Å². The molecule has 7 heteroatoms. The molecule has 0 saturated carbocycles. The lowest BCUT2D eigenvalue weighted by Crippen LogP contribution is -2.24. The molecule has 0 radical (unpaired) electrons. The van der Waals surface area contributed by atoms with E-state index in [2.05, 4.69) is 15.4 Å². The van der Waals surface area contributed by atoms with Gasteiger partial charge in [-0.1, -0.05) is 6.07 Å². The van der Waals surface area contributed by atoms with Crippen LogP contribution in [0.4, 0.5) is 14.5 Å². The molecule has 0 aromatic heterocycles. The van der Waals surface area contributed by atoms with Gasteiger partial charge in [-0.2, -0.15) is 8.78 Å². The Morgan fingerprint density at radius 3 is 2.89 bits per heavy atom. The molecule has 1 aromatic carbocycles. The molecule has 1 unspecified atom stereocenters. The van der Waals surface area contributed by atoms with Gasteiger partial charge in [-0.15, -0.1) is 12.4 Å². The molecule has 1 heterocycles. The van der Waals surface area contributed by atoms with Crippen LogP contribution in [0.1, 0.15) is 6.42 Å². The maximum Gasteiger partial charge on any atom is 0.387 e. The summed E-state index contributed by atoms with van der Waals surface area (Å²) in [5, 5.41) is 5.79. The number of alkyl halides is 2. The van der Waals surface area contributed by atoms with E-state index in [0.29, 0.717) is 12.2 Å². The summed E-state index contributed by atoms with van der Waals surface area (Å²) in [6, 6.07) is 5.99. The van der Waals surface area contributed by atoms with E-state index in [4.69, 9.17) is 0 Å². The van der Waals surface area contributed by atoms with Gasteiger partial charge in [0.05, 0.1) is 5.92 Å². The van der Waals surface area contributed by atoms with Crippen LogP contribution in [0.5, 0.6) is 5.75 Å². The Balaban J connectivity index is 0.00000180. The molecule has 106 valence electrons. The van der Waals surface area contributed by atoms with Crippen LogP contribution >= 0.6 is 12.4 Å². The van der Waals surface area contributed by atoms with Gasteiger partial charge in [-0.05, 0) is 25.1 Å². The smallest absolute Gasteiger partial charge is 0.387 e. The van der Waals surface area contributed by atoms with Crippen LogP contribution in [0.2, 0.25) is 0 Å². The van der Waals surface area contributed by atoms with Gasteiger partial charge in [0.1, 0.15) is 5.75 Å². The zero-order valence-corrected chi connectivity index (χ0v) is 10.9. The second-order valence-corrected chi connectivity index (χ2v) is 4.09. The zero-order valence-electron chi connectivity index (χ0n) is 10.1. The molecule has 0 aliphatic carbocycles. The molecule has 2 N–H and O–H groups in total. The highest BCUT2D eigenvalue weighted by Crippen LogP contribution is 2.20. The van der Waals surface area contributed by atoms with E-state index in [9.17, 15) is 13.6 Å². The van der Waals surface area contributed by atoms with Gasteiger partial charge in [0.2, 0.25) is 5.91 Å². The van der Waals surface area contributed by atoms with Gasteiger partial charge in [-0.3, -0.25) is 4.79 Å². The second-order valence-electron chi connectivity index (χ2n) is 4.09. The molecule has 1 amide bonds. The fourth-order valence-corrected chi connectivity index (χ4v) is 1.87. The normalized spacial score (nSPS) is 17.9. The number of anilines is 1. The predicted molar refractivity (Wildman–Crippen MR) is 69.9 cm³/mol. The Morgan fingerprint density at radius 2 is 2.26 bits per heavy atom. The quantitative estimate of drug-likeness (QED) is 0.895. The molecule has 4 nitrogen and oxygen atoms in total. The lowest BCUT2D eigenvalue weighted by atomic mass is 10.1. The fraction of sp³-hybridized carbons (Fsp3) is 0.417. The minimum absolute atomic E-state index is 0. The SMILES string of the molecule is Cl.O=C(Nc1cccc(OC(F)F)c1)C1CCNC1. The highest BCUT2D eigenvalue weighted by molar-refractivity contribution is 5.93. The predicted octanol–water partition coefficient (Wildman–Crippen LogP) is 2.26. The van der Waals surface area contributed by atoms with Crippen molar-refractivity contribution in [3.05, 3.63) is 24.3 Å². The molecule has 1 atom stereocenters. The monoisotopic (exact) mass is 292 g/mol. The Morgan fingerprint density at radius 1 is 1.47 bits per heavy atom. The van der Waals surface area contributed by atoms with Crippen molar-refractivity contribution in [2.75, 3.05) is 18.4 Å². The van der Waals surface area contributed by atoms with Gasteiger partial charge >= 0.3 is 6.61 Å². The van der Waals surface area contributed by atoms with Crippen LogP contribution in [0.25, 0.3) is 0 Å². The summed E-state index contributed by atoms with van der Waals surface area (Å²) in [6.07, 6.45) is 0.791. The van der Waals surface area contributed by atoms with Crippen molar-refractivity contribution in [2.24, 2.45) is 5.92 Å². The Hall–Kier alpha value is -1.40. The number of ether oxygens (including phenoxy) is 1. The van der Waals surface area contributed by atoms with E-state index in [-0.39, 0.29) is 30.0 Å². The molecule has 2 rings (SSSR count). The number of benzene rings is 1. The van der Waals surface area contributed by atoms with E-state index < -0.39 is 6.61 Å². The topological polar surface area (TPSA) is 50.4 Å². The van der Waals surface area contributed by atoms with Crippen molar-refractivity contribution in [3.8, 4) is 5.75 Å². The number of nitrogens with one attached hydrogen (secondary N) is 2. The highest BCUT2D eigenvalue weighted by Gasteiger charge is 2.22. The van der Waals surface area contributed by atoms with Gasteiger partial charge in [-0.25, -0.2) is 0 Å². The Kier molecular flexibility index (Phi) is 5.98. The average Bonchev–Trinajstić information content (AvgIpc) is 2.81.